The molecular formula is C101H186N6O6. The molecule has 0 aromatic heterocycles. The molecule has 0 heterocycles. The SMILES string of the molecule is C=C(C)CC(CCC1CCCC1)C(=O)NC(C)C.CC(C)NC(=O)C(CCC1CCCC1)CC(C)(C)C.CC(C)NC(=O)C(CCC1CCCC1)CC1CC1.CC(C)NC(=O)C(CCC1CCCC1)CC1CC1C.CC(C)NC(=O)C(CCC1CCCC1)CC1CCC1.CC(C)NC(=O)C(CCC1CCCC1)CC1CCCC1. The quantitative estimate of drug-likeness (QED) is 0.0332. The van der Waals surface area contributed by atoms with E-state index in [1.165, 1.54) is 257 Å². The minimum absolute atomic E-state index is 0.130. The van der Waals surface area contributed by atoms with E-state index in [0.717, 1.165) is 148 Å². The van der Waals surface area contributed by atoms with Crippen molar-refractivity contribution < 1.29 is 28.8 Å². The molecule has 0 saturated heterocycles. The fourth-order valence-corrected chi connectivity index (χ4v) is 20.7. The Morgan fingerprint density at radius 1 is 0.292 bits per heavy atom. The molecule has 656 valence electrons. The van der Waals surface area contributed by atoms with Crippen LogP contribution < -0.4 is 31.9 Å². The van der Waals surface area contributed by atoms with Crippen molar-refractivity contribution in [1.82, 2.24) is 31.9 Å². The van der Waals surface area contributed by atoms with Gasteiger partial charge in [0.05, 0.1) is 0 Å². The maximum absolute atomic E-state index is 12.4. The van der Waals surface area contributed by atoms with Crippen molar-refractivity contribution in [3.05, 3.63) is 12.2 Å². The lowest BCUT2D eigenvalue weighted by Gasteiger charge is -2.30. The van der Waals surface area contributed by atoms with Crippen molar-refractivity contribution in [1.29, 1.82) is 0 Å². The van der Waals surface area contributed by atoms with Gasteiger partial charge in [0.1, 0.15) is 0 Å². The van der Waals surface area contributed by atoms with Crippen LogP contribution in [-0.4, -0.2) is 71.7 Å². The highest BCUT2D eigenvalue weighted by atomic mass is 16.2. The highest BCUT2D eigenvalue weighted by Crippen LogP contribution is 2.45. The Bertz CT molecular complexity index is 2530. The predicted molar refractivity (Wildman–Crippen MR) is 479 cm³/mol. The highest BCUT2D eigenvalue weighted by Gasteiger charge is 2.38. The topological polar surface area (TPSA) is 175 Å². The van der Waals surface area contributed by atoms with E-state index in [9.17, 15) is 28.8 Å². The zero-order valence-corrected chi connectivity index (χ0v) is 77.2. The van der Waals surface area contributed by atoms with Crippen molar-refractivity contribution in [3.63, 3.8) is 0 Å². The first-order chi connectivity index (χ1) is 53.8. The molecule has 8 unspecified atom stereocenters. The molecule has 10 fully saturated rings. The van der Waals surface area contributed by atoms with E-state index in [4.69, 9.17) is 0 Å². The Morgan fingerprint density at radius 3 is 0.690 bits per heavy atom. The summed E-state index contributed by atoms with van der Waals surface area (Å²) < 4.78 is 0. The molecule has 10 rings (SSSR count). The average Bonchev–Trinajstić information content (AvgIpc) is 1.72. The summed E-state index contributed by atoms with van der Waals surface area (Å²) in [4.78, 5) is 73.8. The zero-order valence-electron chi connectivity index (χ0n) is 77.2. The lowest BCUT2D eigenvalue weighted by Crippen LogP contribution is -2.37. The summed E-state index contributed by atoms with van der Waals surface area (Å²) >= 11 is 0. The van der Waals surface area contributed by atoms with Crippen LogP contribution in [0.2, 0.25) is 0 Å². The average molecular weight is 1580 g/mol. The lowest BCUT2D eigenvalue weighted by atomic mass is 9.77. The van der Waals surface area contributed by atoms with E-state index in [2.05, 4.69) is 122 Å². The van der Waals surface area contributed by atoms with Gasteiger partial charge in [-0.15, -0.1) is 6.58 Å². The second-order valence-electron chi connectivity index (χ2n) is 42.8. The number of amides is 6. The van der Waals surface area contributed by atoms with Crippen LogP contribution in [0.15, 0.2) is 12.2 Å². The van der Waals surface area contributed by atoms with Gasteiger partial charge in [0, 0.05) is 71.8 Å². The third-order valence-electron chi connectivity index (χ3n) is 27.8. The van der Waals surface area contributed by atoms with E-state index in [1.54, 1.807) is 0 Å². The van der Waals surface area contributed by atoms with Gasteiger partial charge >= 0.3 is 0 Å². The van der Waals surface area contributed by atoms with Gasteiger partial charge in [0.2, 0.25) is 35.4 Å². The monoisotopic (exact) mass is 1580 g/mol. The van der Waals surface area contributed by atoms with Crippen LogP contribution >= 0.6 is 0 Å². The lowest BCUT2D eigenvalue weighted by molar-refractivity contribution is -0.127. The Kier molecular flexibility index (Phi) is 49.1. The molecule has 6 N–H and O–H groups in total. The molecule has 10 aliphatic carbocycles. The molecule has 0 aliphatic heterocycles. The van der Waals surface area contributed by atoms with Gasteiger partial charge in [-0.1, -0.05) is 245 Å². The molecule has 0 spiro atoms. The summed E-state index contributed by atoms with van der Waals surface area (Å²) in [5.41, 5.74) is 1.35. The second kappa shape index (κ2) is 55.4. The van der Waals surface area contributed by atoms with E-state index in [1.807, 2.05) is 34.6 Å². The van der Waals surface area contributed by atoms with Crippen molar-refractivity contribution in [2.24, 2.45) is 106 Å². The maximum atomic E-state index is 12.4. The Labute approximate surface area is 698 Å². The predicted octanol–water partition coefficient (Wildman–Crippen LogP) is 25.6. The van der Waals surface area contributed by atoms with Gasteiger partial charge in [-0.25, -0.2) is 0 Å². The van der Waals surface area contributed by atoms with E-state index in [-0.39, 0.29) is 83.1 Å². The Morgan fingerprint density at radius 2 is 0.487 bits per heavy atom. The van der Waals surface area contributed by atoms with Gasteiger partial charge in [0.15, 0.2) is 0 Å². The minimum atomic E-state index is 0.130. The normalized spacial score (nSPS) is 22.2. The number of hydrogen-bond acceptors (Lipinski definition) is 6. The third-order valence-corrected chi connectivity index (χ3v) is 27.8. The zero-order chi connectivity index (χ0) is 82.8. The number of nitrogens with one attached hydrogen (secondary N) is 6. The first-order valence-corrected chi connectivity index (χ1v) is 49.2. The van der Waals surface area contributed by atoms with E-state index < -0.39 is 0 Å². The number of hydrogen-bond donors (Lipinski definition) is 6. The minimum Gasteiger partial charge on any atom is -0.354 e. The number of allylic oxidation sites excluding steroid dienone is 1. The highest BCUT2D eigenvalue weighted by molar-refractivity contribution is 5.81. The van der Waals surface area contributed by atoms with Gasteiger partial charge in [-0.3, -0.25) is 28.8 Å². The summed E-state index contributed by atoms with van der Waals surface area (Å²) in [5.74, 6) is 12.8. The first-order valence-electron chi connectivity index (χ1n) is 49.2. The number of carbonyl (C=O) groups is 6. The Balaban J connectivity index is 0.000000242. The van der Waals surface area contributed by atoms with Crippen LogP contribution in [-0.2, 0) is 28.8 Å². The smallest absolute Gasteiger partial charge is 0.223 e. The van der Waals surface area contributed by atoms with Gasteiger partial charge < -0.3 is 31.9 Å². The standard InChI is InChI=1S/C18H33NO.2C17H31NO.C17H33NO.2C16H29NO/c1-14(2)19-18(20)17(13-16-9-5-6-10-16)12-11-15-7-3-4-8-15;1-12(2)18-17(19)15(11-16-10-13(16)3)9-8-14-6-4-5-7-14;1-13(2)18-17(19)16(12-15-8-5-9-15)11-10-14-6-3-4-7-14;1-13(2)18-16(19)15(12-17(3,4)5)11-10-14-8-6-7-9-14;1-12(2)17-16(18)15(11-14-7-8-14)10-9-13-5-3-4-6-13;1-12(2)11-15(16(18)17-13(3)4)10-9-14-7-5-6-8-14/h14-17H,3-13H2,1-2H3,(H,19,20);12-16H,4-11H2,1-3H3,(H,18,19);13-16H,3-12H2,1-2H3,(H,18,19);13-15H,6-12H2,1-5H3,(H,18,19);12-15H,3-11H2,1-2H3,(H,17,18);13-15H,1,5-11H2,2-4H3,(H,17,18). The van der Waals surface area contributed by atoms with Crippen LogP contribution in [0.5, 0.6) is 0 Å². The summed E-state index contributed by atoms with van der Waals surface area (Å²) in [7, 11) is 0. The largest absolute Gasteiger partial charge is 0.354 e. The molecule has 0 aromatic rings. The molecule has 0 radical (unpaired) electrons. The molecule has 6 amide bonds. The summed E-state index contributed by atoms with van der Waals surface area (Å²) in [5, 5.41) is 18.7. The van der Waals surface area contributed by atoms with Crippen LogP contribution in [0.4, 0.5) is 0 Å². The van der Waals surface area contributed by atoms with Crippen LogP contribution in [0.1, 0.15) is 452 Å². The first kappa shape index (κ1) is 100. The molecular weight excluding hydrogens is 1390 g/mol. The van der Waals surface area contributed by atoms with Gasteiger partial charge in [-0.2, -0.15) is 0 Å². The molecule has 0 bridgehead atoms. The molecule has 10 aliphatic rings. The van der Waals surface area contributed by atoms with Crippen LogP contribution in [0, 0.1) is 106 Å². The Hall–Kier alpha value is -3.44. The molecule has 10 saturated carbocycles. The molecule has 12 nitrogen and oxygen atoms in total. The fraction of sp³-hybridized carbons (Fsp3) is 0.921. The fourth-order valence-electron chi connectivity index (χ4n) is 20.7. The van der Waals surface area contributed by atoms with Crippen molar-refractivity contribution in [2.75, 3.05) is 0 Å². The van der Waals surface area contributed by atoms with Crippen LogP contribution in [0.3, 0.4) is 0 Å². The van der Waals surface area contributed by atoms with Gasteiger partial charge in [-0.05, 0) is 283 Å². The third kappa shape index (κ3) is 46.1. The molecule has 0 aromatic carbocycles. The van der Waals surface area contributed by atoms with E-state index >= 15 is 0 Å². The van der Waals surface area contributed by atoms with Crippen molar-refractivity contribution in [3.8, 4) is 0 Å². The number of rotatable bonds is 41. The van der Waals surface area contributed by atoms with E-state index in [0.29, 0.717) is 29.5 Å². The molecule has 12 heteroatoms. The summed E-state index contributed by atoms with van der Waals surface area (Å²) in [6.45, 7) is 39.6. The van der Waals surface area contributed by atoms with Crippen molar-refractivity contribution >= 4 is 35.4 Å². The second-order valence-corrected chi connectivity index (χ2v) is 42.8. The summed E-state index contributed by atoms with van der Waals surface area (Å²) in [6.07, 6.45) is 67.8. The maximum Gasteiger partial charge on any atom is 0.223 e. The number of carbonyl (C=O) groups excluding carboxylic acids is 6. The summed E-state index contributed by atoms with van der Waals surface area (Å²) in [6, 6.07) is 1.60. The van der Waals surface area contributed by atoms with Crippen molar-refractivity contribution in [2.45, 2.75) is 488 Å². The van der Waals surface area contributed by atoms with Gasteiger partial charge in [0.25, 0.3) is 0 Å². The molecule has 8 atom stereocenters. The molecule has 113 heavy (non-hydrogen) atoms. The van der Waals surface area contributed by atoms with Crippen LogP contribution in [0.25, 0.3) is 0 Å².